The molecule has 0 aliphatic carbocycles. The Bertz CT molecular complexity index is 896. The Kier molecular flexibility index (Phi) is 5.23. The van der Waals surface area contributed by atoms with E-state index in [0.29, 0.717) is 30.2 Å². The van der Waals surface area contributed by atoms with E-state index < -0.39 is 0 Å². The second-order valence-electron chi connectivity index (χ2n) is 6.03. The predicted molar refractivity (Wildman–Crippen MR) is 98.7 cm³/mol. The van der Waals surface area contributed by atoms with Gasteiger partial charge in [-0.3, -0.25) is 4.79 Å². The summed E-state index contributed by atoms with van der Waals surface area (Å²) in [6.45, 7) is 1.14. The number of hydrogen-bond acceptors (Lipinski definition) is 4. The fourth-order valence-electron chi connectivity index (χ4n) is 3.09. The van der Waals surface area contributed by atoms with Gasteiger partial charge in [0.1, 0.15) is 11.6 Å². The quantitative estimate of drug-likeness (QED) is 0.629. The Morgan fingerprint density at radius 1 is 1.12 bits per heavy atom. The lowest BCUT2D eigenvalue weighted by Crippen LogP contribution is -2.36. The van der Waals surface area contributed by atoms with Gasteiger partial charge < -0.3 is 14.4 Å². The topological polar surface area (TPSA) is 62.6 Å². The molecule has 5 nitrogen and oxygen atoms in total. The third-order valence-corrected chi connectivity index (χ3v) is 4.49. The van der Waals surface area contributed by atoms with Gasteiger partial charge in [-0.1, -0.05) is 30.3 Å². The molecule has 5 heteroatoms. The van der Waals surface area contributed by atoms with Crippen molar-refractivity contribution in [2.24, 2.45) is 0 Å². The molecular weight excluding hydrogens is 328 g/mol. The SMILES string of the molecule is COc1ccc(/C=C(\C#N)C(=O)N2CCc3ccccc3C2)cc1OC. The minimum Gasteiger partial charge on any atom is -0.493 e. The highest BCUT2D eigenvalue weighted by Crippen LogP contribution is 2.28. The highest BCUT2D eigenvalue weighted by molar-refractivity contribution is 6.01. The normalized spacial score (nSPS) is 13.6. The van der Waals surface area contributed by atoms with Crippen LogP contribution in [0, 0.1) is 11.3 Å². The fraction of sp³-hybridized carbons (Fsp3) is 0.238. The lowest BCUT2D eigenvalue weighted by molar-refractivity contribution is -0.127. The third kappa shape index (κ3) is 3.55. The standard InChI is InChI=1S/C21H20N2O3/c1-25-19-8-7-15(12-20(19)26-2)11-18(13-22)21(24)23-10-9-16-5-3-4-6-17(16)14-23/h3-8,11-12H,9-10,14H2,1-2H3/b18-11+. The lowest BCUT2D eigenvalue weighted by atomic mass is 9.99. The second kappa shape index (κ2) is 7.75. The van der Waals surface area contributed by atoms with Crippen LogP contribution in [0.15, 0.2) is 48.0 Å². The molecule has 1 aliphatic rings. The van der Waals surface area contributed by atoms with Crippen molar-refractivity contribution in [1.82, 2.24) is 4.90 Å². The zero-order chi connectivity index (χ0) is 18.5. The molecule has 1 amide bonds. The molecule has 0 spiro atoms. The van der Waals surface area contributed by atoms with Gasteiger partial charge in [0.2, 0.25) is 0 Å². The highest BCUT2D eigenvalue weighted by Gasteiger charge is 2.23. The number of benzene rings is 2. The van der Waals surface area contributed by atoms with E-state index in [2.05, 4.69) is 6.07 Å². The summed E-state index contributed by atoms with van der Waals surface area (Å²) >= 11 is 0. The number of fused-ring (bicyclic) bond motifs is 1. The Morgan fingerprint density at radius 2 is 1.85 bits per heavy atom. The maximum Gasteiger partial charge on any atom is 0.264 e. The maximum atomic E-state index is 12.8. The molecule has 0 saturated heterocycles. The summed E-state index contributed by atoms with van der Waals surface area (Å²) in [7, 11) is 3.11. The first-order valence-corrected chi connectivity index (χ1v) is 8.36. The van der Waals surface area contributed by atoms with E-state index in [1.165, 1.54) is 5.56 Å². The van der Waals surface area contributed by atoms with Crippen molar-refractivity contribution in [3.8, 4) is 17.6 Å². The number of amides is 1. The molecule has 0 unspecified atom stereocenters. The van der Waals surface area contributed by atoms with Crippen molar-refractivity contribution in [3.05, 3.63) is 64.7 Å². The van der Waals surface area contributed by atoms with E-state index in [4.69, 9.17) is 9.47 Å². The van der Waals surface area contributed by atoms with Crippen LogP contribution >= 0.6 is 0 Å². The minimum atomic E-state index is -0.253. The van der Waals surface area contributed by atoms with Gasteiger partial charge in [-0.25, -0.2) is 0 Å². The predicted octanol–water partition coefficient (Wildman–Crippen LogP) is 3.20. The van der Waals surface area contributed by atoms with Crippen LogP contribution in [0.25, 0.3) is 6.08 Å². The largest absolute Gasteiger partial charge is 0.493 e. The molecule has 26 heavy (non-hydrogen) atoms. The van der Waals surface area contributed by atoms with Gasteiger partial charge in [0.25, 0.3) is 5.91 Å². The molecule has 0 radical (unpaired) electrons. The van der Waals surface area contributed by atoms with Crippen molar-refractivity contribution in [1.29, 1.82) is 5.26 Å². The Labute approximate surface area is 153 Å². The molecule has 0 bridgehead atoms. The zero-order valence-electron chi connectivity index (χ0n) is 14.9. The fourth-order valence-corrected chi connectivity index (χ4v) is 3.09. The Hall–Kier alpha value is -3.26. The second-order valence-corrected chi connectivity index (χ2v) is 6.03. The van der Waals surface area contributed by atoms with E-state index in [1.54, 1.807) is 43.4 Å². The van der Waals surface area contributed by atoms with Gasteiger partial charge in [0.15, 0.2) is 11.5 Å². The van der Waals surface area contributed by atoms with Gasteiger partial charge in [-0.2, -0.15) is 5.26 Å². The first-order valence-electron chi connectivity index (χ1n) is 8.36. The first kappa shape index (κ1) is 17.6. The molecule has 0 saturated carbocycles. The van der Waals surface area contributed by atoms with Crippen molar-refractivity contribution >= 4 is 12.0 Å². The summed E-state index contributed by atoms with van der Waals surface area (Å²) in [4.78, 5) is 14.5. The van der Waals surface area contributed by atoms with E-state index in [-0.39, 0.29) is 11.5 Å². The number of carbonyl (C=O) groups excluding carboxylic acids is 1. The first-order chi connectivity index (χ1) is 12.7. The van der Waals surface area contributed by atoms with Crippen LogP contribution in [0.2, 0.25) is 0 Å². The number of nitriles is 1. The van der Waals surface area contributed by atoms with Crippen LogP contribution in [0.3, 0.4) is 0 Å². The van der Waals surface area contributed by atoms with Crippen molar-refractivity contribution in [2.75, 3.05) is 20.8 Å². The molecule has 0 fully saturated rings. The molecule has 0 atom stereocenters. The zero-order valence-corrected chi connectivity index (χ0v) is 14.9. The smallest absolute Gasteiger partial charge is 0.264 e. The summed E-state index contributed by atoms with van der Waals surface area (Å²) < 4.78 is 10.5. The number of carbonyl (C=O) groups is 1. The molecule has 1 heterocycles. The summed E-state index contributed by atoms with van der Waals surface area (Å²) in [5.41, 5.74) is 3.22. The average molecular weight is 348 g/mol. The molecule has 1 aliphatic heterocycles. The van der Waals surface area contributed by atoms with Gasteiger partial charge in [0.05, 0.1) is 14.2 Å². The molecule has 0 aromatic heterocycles. The molecule has 2 aromatic rings. The number of hydrogen-bond donors (Lipinski definition) is 0. The Balaban J connectivity index is 1.84. The van der Waals surface area contributed by atoms with Crippen LogP contribution in [-0.2, 0) is 17.8 Å². The van der Waals surface area contributed by atoms with E-state index in [1.807, 2.05) is 24.3 Å². The van der Waals surface area contributed by atoms with Crippen LogP contribution < -0.4 is 9.47 Å². The van der Waals surface area contributed by atoms with Crippen molar-refractivity contribution in [2.45, 2.75) is 13.0 Å². The summed E-state index contributed by atoms with van der Waals surface area (Å²) in [6, 6.07) is 15.4. The third-order valence-electron chi connectivity index (χ3n) is 4.49. The highest BCUT2D eigenvalue weighted by atomic mass is 16.5. The maximum absolute atomic E-state index is 12.8. The molecular formula is C21H20N2O3. The van der Waals surface area contributed by atoms with Crippen LogP contribution in [0.5, 0.6) is 11.5 Å². The van der Waals surface area contributed by atoms with Gasteiger partial charge in [-0.15, -0.1) is 0 Å². The molecule has 132 valence electrons. The van der Waals surface area contributed by atoms with E-state index >= 15 is 0 Å². The Morgan fingerprint density at radius 3 is 2.54 bits per heavy atom. The van der Waals surface area contributed by atoms with E-state index in [0.717, 1.165) is 12.0 Å². The van der Waals surface area contributed by atoms with Crippen molar-refractivity contribution in [3.63, 3.8) is 0 Å². The van der Waals surface area contributed by atoms with E-state index in [9.17, 15) is 10.1 Å². The number of methoxy groups -OCH3 is 2. The summed E-state index contributed by atoms with van der Waals surface area (Å²) in [5, 5.41) is 9.49. The minimum absolute atomic E-state index is 0.108. The van der Waals surface area contributed by atoms with Crippen molar-refractivity contribution < 1.29 is 14.3 Å². The average Bonchev–Trinajstić information content (AvgIpc) is 2.70. The van der Waals surface area contributed by atoms with Gasteiger partial charge in [-0.05, 0) is 41.3 Å². The molecule has 2 aromatic carbocycles. The van der Waals surface area contributed by atoms with Gasteiger partial charge in [0, 0.05) is 13.1 Å². The monoisotopic (exact) mass is 348 g/mol. The summed E-state index contributed by atoms with van der Waals surface area (Å²) in [5.74, 6) is 0.900. The van der Waals surface area contributed by atoms with Crippen LogP contribution in [-0.4, -0.2) is 31.6 Å². The lowest BCUT2D eigenvalue weighted by Gasteiger charge is -2.28. The number of nitrogens with zero attached hydrogens (tertiary/aromatic N) is 2. The van der Waals surface area contributed by atoms with Crippen LogP contribution in [0.4, 0.5) is 0 Å². The molecule has 3 rings (SSSR count). The van der Waals surface area contributed by atoms with Crippen LogP contribution in [0.1, 0.15) is 16.7 Å². The summed E-state index contributed by atoms with van der Waals surface area (Å²) in [6.07, 6.45) is 2.39. The number of ether oxygens (including phenoxy) is 2. The molecule has 0 N–H and O–H groups in total. The number of rotatable bonds is 4. The van der Waals surface area contributed by atoms with Gasteiger partial charge >= 0.3 is 0 Å².